The van der Waals surface area contributed by atoms with E-state index < -0.39 is 12.1 Å². The molecule has 2 rings (SSSR count). The van der Waals surface area contributed by atoms with Crippen LogP contribution in [0.5, 0.6) is 5.75 Å². The Kier molecular flexibility index (Phi) is 4.42. The molecule has 1 unspecified atom stereocenters. The van der Waals surface area contributed by atoms with Gasteiger partial charge in [0.25, 0.3) is 0 Å². The van der Waals surface area contributed by atoms with Crippen LogP contribution < -0.4 is 4.74 Å². The van der Waals surface area contributed by atoms with Crippen molar-refractivity contribution in [2.24, 2.45) is 0 Å². The fourth-order valence-electron chi connectivity index (χ4n) is 1.86. The minimum Gasteiger partial charge on any atom is -0.494 e. The zero-order valence-electron chi connectivity index (χ0n) is 11.1. The van der Waals surface area contributed by atoms with E-state index in [4.69, 9.17) is 14.3 Å². The number of rotatable bonds is 6. The summed E-state index contributed by atoms with van der Waals surface area (Å²) in [6.45, 7) is 2.58. The van der Waals surface area contributed by atoms with Gasteiger partial charge in [0, 0.05) is 0 Å². The Hall–Kier alpha value is -2.27. The standard InChI is InChI=1S/C15H16O5/c1-2-7-19-11-5-3-4-10(9-11)13(16)14-12(15(17)18)6-8-20-14/h3-6,8-9,13,16H,2,7H2,1H3,(H,17,18). The molecule has 1 aromatic carbocycles. The molecule has 2 N–H and O–H groups in total. The van der Waals surface area contributed by atoms with Gasteiger partial charge in [-0.2, -0.15) is 0 Å². The van der Waals surface area contributed by atoms with E-state index >= 15 is 0 Å². The molecule has 0 spiro atoms. The van der Waals surface area contributed by atoms with Crippen LogP contribution in [0.3, 0.4) is 0 Å². The second-order valence-electron chi connectivity index (χ2n) is 4.33. The summed E-state index contributed by atoms with van der Waals surface area (Å²) >= 11 is 0. The van der Waals surface area contributed by atoms with Gasteiger partial charge in [0.1, 0.15) is 17.4 Å². The zero-order valence-corrected chi connectivity index (χ0v) is 11.1. The molecule has 0 amide bonds. The topological polar surface area (TPSA) is 79.9 Å². The predicted molar refractivity (Wildman–Crippen MR) is 72.0 cm³/mol. The largest absolute Gasteiger partial charge is 0.494 e. The summed E-state index contributed by atoms with van der Waals surface area (Å²) in [5.74, 6) is -0.483. The van der Waals surface area contributed by atoms with Crippen molar-refractivity contribution in [1.29, 1.82) is 0 Å². The molecule has 5 nitrogen and oxygen atoms in total. The molecule has 1 aromatic heterocycles. The van der Waals surface area contributed by atoms with Crippen molar-refractivity contribution in [2.45, 2.75) is 19.4 Å². The van der Waals surface area contributed by atoms with Gasteiger partial charge in [0.2, 0.25) is 0 Å². The maximum Gasteiger partial charge on any atom is 0.339 e. The average molecular weight is 276 g/mol. The third kappa shape index (κ3) is 3.00. The number of aliphatic hydroxyl groups excluding tert-OH is 1. The minimum atomic E-state index is -1.14. The van der Waals surface area contributed by atoms with Crippen molar-refractivity contribution >= 4 is 5.97 Å². The number of hydrogen-bond donors (Lipinski definition) is 2. The van der Waals surface area contributed by atoms with Crippen molar-refractivity contribution in [3.05, 3.63) is 53.5 Å². The third-order valence-electron chi connectivity index (χ3n) is 2.82. The number of hydrogen-bond acceptors (Lipinski definition) is 4. The highest BCUT2D eigenvalue weighted by Crippen LogP contribution is 2.28. The molecule has 0 bridgehead atoms. The molecule has 20 heavy (non-hydrogen) atoms. The fourth-order valence-corrected chi connectivity index (χ4v) is 1.86. The number of ether oxygens (including phenoxy) is 1. The van der Waals surface area contributed by atoms with Crippen LogP contribution in [-0.2, 0) is 0 Å². The molecule has 0 saturated heterocycles. The molecular formula is C15H16O5. The van der Waals surface area contributed by atoms with E-state index in [1.54, 1.807) is 24.3 Å². The van der Waals surface area contributed by atoms with Gasteiger partial charge in [-0.1, -0.05) is 19.1 Å². The zero-order chi connectivity index (χ0) is 14.5. The normalized spacial score (nSPS) is 12.1. The van der Waals surface area contributed by atoms with Gasteiger partial charge in [-0.25, -0.2) is 4.79 Å². The van der Waals surface area contributed by atoms with E-state index in [0.717, 1.165) is 6.42 Å². The van der Waals surface area contributed by atoms with E-state index in [9.17, 15) is 9.90 Å². The first-order valence-electron chi connectivity index (χ1n) is 6.35. The van der Waals surface area contributed by atoms with Crippen LogP contribution in [0.1, 0.15) is 41.1 Å². The lowest BCUT2D eigenvalue weighted by Crippen LogP contribution is -2.06. The van der Waals surface area contributed by atoms with E-state index in [0.29, 0.717) is 17.9 Å². The Morgan fingerprint density at radius 3 is 2.90 bits per heavy atom. The van der Waals surface area contributed by atoms with Crippen LogP contribution in [0.15, 0.2) is 41.0 Å². The van der Waals surface area contributed by atoms with Gasteiger partial charge < -0.3 is 19.4 Å². The van der Waals surface area contributed by atoms with E-state index in [1.807, 2.05) is 6.92 Å². The molecule has 0 aliphatic rings. The monoisotopic (exact) mass is 276 g/mol. The van der Waals surface area contributed by atoms with Crippen LogP contribution in [0.25, 0.3) is 0 Å². The lowest BCUT2D eigenvalue weighted by atomic mass is 10.0. The Morgan fingerprint density at radius 2 is 2.20 bits per heavy atom. The van der Waals surface area contributed by atoms with Crippen LogP contribution in [-0.4, -0.2) is 22.8 Å². The molecule has 0 aliphatic carbocycles. The molecule has 0 radical (unpaired) electrons. The number of furan rings is 1. The van der Waals surface area contributed by atoms with Crippen molar-refractivity contribution < 1.29 is 24.2 Å². The third-order valence-corrected chi connectivity index (χ3v) is 2.82. The number of carbonyl (C=O) groups is 1. The van der Waals surface area contributed by atoms with Crippen molar-refractivity contribution in [3.63, 3.8) is 0 Å². The van der Waals surface area contributed by atoms with Gasteiger partial charge in [-0.15, -0.1) is 0 Å². The summed E-state index contributed by atoms with van der Waals surface area (Å²) in [7, 11) is 0. The van der Waals surface area contributed by atoms with Crippen molar-refractivity contribution in [1.82, 2.24) is 0 Å². The second kappa shape index (κ2) is 6.25. The summed E-state index contributed by atoms with van der Waals surface area (Å²) in [5, 5.41) is 19.3. The summed E-state index contributed by atoms with van der Waals surface area (Å²) < 4.78 is 10.6. The van der Waals surface area contributed by atoms with Gasteiger partial charge in [-0.05, 0) is 30.2 Å². The van der Waals surface area contributed by atoms with E-state index in [1.165, 1.54) is 12.3 Å². The molecule has 1 heterocycles. The minimum absolute atomic E-state index is 0.0186. The fraction of sp³-hybridized carbons (Fsp3) is 0.267. The maximum absolute atomic E-state index is 11.0. The Morgan fingerprint density at radius 1 is 1.40 bits per heavy atom. The quantitative estimate of drug-likeness (QED) is 0.848. The van der Waals surface area contributed by atoms with Gasteiger partial charge in [-0.3, -0.25) is 0 Å². The van der Waals surface area contributed by atoms with Gasteiger partial charge >= 0.3 is 5.97 Å². The Labute approximate surface area is 116 Å². The number of carboxylic acid groups (broad SMARTS) is 1. The van der Waals surface area contributed by atoms with Crippen molar-refractivity contribution in [3.8, 4) is 5.75 Å². The van der Waals surface area contributed by atoms with Crippen LogP contribution in [0, 0.1) is 0 Å². The number of aromatic carboxylic acids is 1. The highest BCUT2D eigenvalue weighted by Gasteiger charge is 2.22. The molecule has 0 fully saturated rings. The lowest BCUT2D eigenvalue weighted by molar-refractivity contribution is 0.0687. The molecule has 1 atom stereocenters. The molecule has 0 saturated carbocycles. The number of benzene rings is 1. The number of carboxylic acids is 1. The molecule has 106 valence electrons. The molecule has 5 heteroatoms. The molecule has 0 aliphatic heterocycles. The summed E-state index contributed by atoms with van der Waals surface area (Å²) in [4.78, 5) is 11.0. The lowest BCUT2D eigenvalue weighted by Gasteiger charge is -2.11. The number of aliphatic hydroxyl groups is 1. The van der Waals surface area contributed by atoms with E-state index in [-0.39, 0.29) is 11.3 Å². The highest BCUT2D eigenvalue weighted by molar-refractivity contribution is 5.88. The maximum atomic E-state index is 11.0. The molecule has 2 aromatic rings. The van der Waals surface area contributed by atoms with Gasteiger partial charge in [0.05, 0.1) is 12.9 Å². The SMILES string of the molecule is CCCOc1cccc(C(O)c2occc2C(=O)O)c1. The van der Waals surface area contributed by atoms with Crippen LogP contribution in [0.4, 0.5) is 0 Å². The van der Waals surface area contributed by atoms with Crippen molar-refractivity contribution in [2.75, 3.05) is 6.61 Å². The van der Waals surface area contributed by atoms with E-state index in [2.05, 4.69) is 0 Å². The summed E-state index contributed by atoms with van der Waals surface area (Å²) in [6, 6.07) is 8.21. The highest BCUT2D eigenvalue weighted by atomic mass is 16.5. The Balaban J connectivity index is 2.26. The van der Waals surface area contributed by atoms with Crippen LogP contribution in [0.2, 0.25) is 0 Å². The predicted octanol–water partition coefficient (Wildman–Crippen LogP) is 2.85. The second-order valence-corrected chi connectivity index (χ2v) is 4.33. The summed E-state index contributed by atoms with van der Waals surface area (Å²) in [5.41, 5.74) is 0.480. The van der Waals surface area contributed by atoms with Gasteiger partial charge in [0.15, 0.2) is 5.76 Å². The van der Waals surface area contributed by atoms with Crippen LogP contribution >= 0.6 is 0 Å². The first kappa shape index (κ1) is 14.1. The average Bonchev–Trinajstić information content (AvgIpc) is 2.94. The molecular weight excluding hydrogens is 260 g/mol. The Bertz CT molecular complexity index is 587. The first-order valence-corrected chi connectivity index (χ1v) is 6.35. The smallest absolute Gasteiger partial charge is 0.339 e. The first-order chi connectivity index (χ1) is 9.63. The summed E-state index contributed by atoms with van der Waals surface area (Å²) in [6.07, 6.45) is 0.995.